The maximum Gasteiger partial charge on any atom is 0.312 e. The summed E-state index contributed by atoms with van der Waals surface area (Å²) >= 11 is 0. The maximum atomic E-state index is 12.7. The first-order valence-electron chi connectivity index (χ1n) is 12.7. The van der Waals surface area contributed by atoms with Gasteiger partial charge in [-0.2, -0.15) is 0 Å². The van der Waals surface area contributed by atoms with E-state index in [4.69, 9.17) is 20.9 Å². The smallest absolute Gasteiger partial charge is 0.312 e. The van der Waals surface area contributed by atoms with Gasteiger partial charge >= 0.3 is 6.03 Å². The van der Waals surface area contributed by atoms with Gasteiger partial charge in [0.2, 0.25) is 0 Å². The van der Waals surface area contributed by atoms with Crippen molar-refractivity contribution in [2.24, 2.45) is 5.73 Å². The predicted molar refractivity (Wildman–Crippen MR) is 148 cm³/mol. The summed E-state index contributed by atoms with van der Waals surface area (Å²) in [5.74, 6) is 0.540. The van der Waals surface area contributed by atoms with Gasteiger partial charge in [0.05, 0.1) is 37.7 Å². The molecule has 3 aromatic carbocycles. The van der Waals surface area contributed by atoms with Crippen LogP contribution in [0.3, 0.4) is 0 Å². The molecule has 0 aromatic heterocycles. The Kier molecular flexibility index (Phi) is 9.18. The molecular weight excluding hydrogens is 482 g/mol. The molecule has 1 saturated heterocycles. The van der Waals surface area contributed by atoms with E-state index in [1.54, 1.807) is 31.4 Å². The third kappa shape index (κ3) is 7.02. The van der Waals surface area contributed by atoms with Crippen molar-refractivity contribution < 1.29 is 19.1 Å². The van der Waals surface area contributed by atoms with Gasteiger partial charge in [0, 0.05) is 24.7 Å². The van der Waals surface area contributed by atoms with Crippen molar-refractivity contribution in [3.8, 4) is 5.75 Å². The summed E-state index contributed by atoms with van der Waals surface area (Å²) in [6.07, 6.45) is 1.42. The number of amides is 3. The van der Waals surface area contributed by atoms with Gasteiger partial charge in [-0.15, -0.1) is 0 Å². The van der Waals surface area contributed by atoms with Crippen LogP contribution >= 0.6 is 0 Å². The quantitative estimate of drug-likeness (QED) is 0.300. The number of para-hydroxylation sites is 2. The van der Waals surface area contributed by atoms with Crippen molar-refractivity contribution in [2.75, 3.05) is 44.5 Å². The van der Waals surface area contributed by atoms with Crippen LogP contribution in [-0.4, -0.2) is 50.3 Å². The number of nitrogens with one attached hydrogen (secondary N) is 2. The average molecular weight is 518 g/mol. The molecule has 4 rings (SSSR count). The van der Waals surface area contributed by atoms with E-state index in [9.17, 15) is 9.59 Å². The van der Waals surface area contributed by atoms with E-state index in [1.807, 2.05) is 36.4 Å². The maximum absolute atomic E-state index is 12.7. The third-order valence-electron chi connectivity index (χ3n) is 6.79. The molecule has 9 heteroatoms. The minimum atomic E-state index is -0.597. The van der Waals surface area contributed by atoms with Gasteiger partial charge in [-0.25, -0.2) is 4.79 Å². The first-order chi connectivity index (χ1) is 18.4. The summed E-state index contributed by atoms with van der Waals surface area (Å²) in [5, 5.41) is 5.71. The Balaban J connectivity index is 1.50. The molecule has 6 N–H and O–H groups in total. The summed E-state index contributed by atoms with van der Waals surface area (Å²) in [7, 11) is 1.66. The van der Waals surface area contributed by atoms with Gasteiger partial charge in [0.15, 0.2) is 0 Å². The standard InChI is InChI=1S/C29H35N5O4/c1-37-23-6-4-5-22(19-23)27(34-15-17-38-18-16-34)14-13-25(33-29(31)36)20-9-11-21(12-10-20)28(35)32-26-8-3-2-7-24(26)30/h2-12,19,25,27H,13-18,30H2,1H3,(H,32,35)(H3,31,33,36). The first kappa shape index (κ1) is 27.0. The van der Waals surface area contributed by atoms with Gasteiger partial charge in [0.25, 0.3) is 5.91 Å². The van der Waals surface area contributed by atoms with Crippen molar-refractivity contribution in [2.45, 2.75) is 24.9 Å². The Hall–Kier alpha value is -4.08. The number of ether oxygens (including phenoxy) is 2. The highest BCUT2D eigenvalue weighted by Gasteiger charge is 2.25. The van der Waals surface area contributed by atoms with Gasteiger partial charge < -0.3 is 31.6 Å². The molecule has 1 heterocycles. The van der Waals surface area contributed by atoms with Crippen LogP contribution in [0.25, 0.3) is 0 Å². The van der Waals surface area contributed by atoms with E-state index in [1.165, 1.54) is 0 Å². The minimum absolute atomic E-state index is 0.118. The van der Waals surface area contributed by atoms with Crippen LogP contribution < -0.4 is 26.8 Å². The second kappa shape index (κ2) is 12.9. The second-order valence-electron chi connectivity index (χ2n) is 9.24. The lowest BCUT2D eigenvalue weighted by Crippen LogP contribution is -2.40. The number of methoxy groups -OCH3 is 1. The molecule has 0 aliphatic carbocycles. The van der Waals surface area contributed by atoms with E-state index >= 15 is 0 Å². The number of rotatable bonds is 10. The molecule has 3 aromatic rings. The van der Waals surface area contributed by atoms with Crippen LogP contribution in [0.4, 0.5) is 16.2 Å². The molecule has 1 aliphatic rings. The highest BCUT2D eigenvalue weighted by molar-refractivity contribution is 6.05. The topological polar surface area (TPSA) is 132 Å². The number of morpholine rings is 1. The van der Waals surface area contributed by atoms with Crippen LogP contribution in [0.5, 0.6) is 5.75 Å². The fourth-order valence-electron chi connectivity index (χ4n) is 4.79. The number of carbonyl (C=O) groups is 2. The number of nitrogen functional groups attached to an aromatic ring is 1. The van der Waals surface area contributed by atoms with Crippen LogP contribution in [0, 0.1) is 0 Å². The minimum Gasteiger partial charge on any atom is -0.497 e. The van der Waals surface area contributed by atoms with Crippen molar-refractivity contribution in [1.29, 1.82) is 0 Å². The summed E-state index contributed by atoms with van der Waals surface area (Å²) in [6.45, 7) is 3.01. The number of nitrogens with zero attached hydrogens (tertiary/aromatic N) is 1. The Morgan fingerprint density at radius 2 is 1.71 bits per heavy atom. The van der Waals surface area contributed by atoms with Crippen molar-refractivity contribution >= 4 is 23.3 Å². The zero-order valence-corrected chi connectivity index (χ0v) is 21.6. The molecule has 0 bridgehead atoms. The fourth-order valence-corrected chi connectivity index (χ4v) is 4.79. The molecular formula is C29H35N5O4. The number of hydrogen-bond donors (Lipinski definition) is 4. The van der Waals surface area contributed by atoms with Gasteiger partial charge in [-0.1, -0.05) is 36.4 Å². The van der Waals surface area contributed by atoms with Gasteiger partial charge in [-0.05, 0) is 60.4 Å². The van der Waals surface area contributed by atoms with E-state index in [-0.39, 0.29) is 18.0 Å². The lowest BCUT2D eigenvalue weighted by atomic mass is 9.93. The van der Waals surface area contributed by atoms with Crippen LogP contribution in [0.15, 0.2) is 72.8 Å². The van der Waals surface area contributed by atoms with Crippen molar-refractivity contribution in [3.63, 3.8) is 0 Å². The Labute approximate surface area is 223 Å². The summed E-state index contributed by atoms with van der Waals surface area (Å²) in [4.78, 5) is 27.0. The van der Waals surface area contributed by atoms with E-state index in [0.717, 1.165) is 36.4 Å². The number of anilines is 2. The molecule has 3 amide bonds. The Morgan fingerprint density at radius 3 is 2.39 bits per heavy atom. The molecule has 200 valence electrons. The lowest BCUT2D eigenvalue weighted by molar-refractivity contribution is 0.0133. The fraction of sp³-hybridized carbons (Fsp3) is 0.310. The van der Waals surface area contributed by atoms with E-state index in [0.29, 0.717) is 36.6 Å². The highest BCUT2D eigenvalue weighted by Crippen LogP contribution is 2.32. The molecule has 0 saturated carbocycles. The summed E-state index contributed by atoms with van der Waals surface area (Å²) in [5.41, 5.74) is 15.0. The average Bonchev–Trinajstić information content (AvgIpc) is 2.94. The molecule has 9 nitrogen and oxygen atoms in total. The monoisotopic (exact) mass is 517 g/mol. The number of carbonyl (C=O) groups excluding carboxylic acids is 2. The molecule has 2 unspecified atom stereocenters. The van der Waals surface area contributed by atoms with E-state index in [2.05, 4.69) is 27.7 Å². The number of urea groups is 1. The predicted octanol–water partition coefficient (Wildman–Crippen LogP) is 4.09. The lowest BCUT2D eigenvalue weighted by Gasteiger charge is -2.35. The van der Waals surface area contributed by atoms with Crippen LogP contribution in [0.1, 0.15) is 46.4 Å². The van der Waals surface area contributed by atoms with Crippen LogP contribution in [-0.2, 0) is 4.74 Å². The molecule has 2 atom stereocenters. The first-order valence-corrected chi connectivity index (χ1v) is 12.7. The Morgan fingerprint density at radius 1 is 0.974 bits per heavy atom. The molecule has 1 aliphatic heterocycles. The van der Waals surface area contributed by atoms with Gasteiger partial charge in [0.1, 0.15) is 5.75 Å². The zero-order valence-electron chi connectivity index (χ0n) is 21.6. The Bertz CT molecular complexity index is 1230. The largest absolute Gasteiger partial charge is 0.497 e. The zero-order chi connectivity index (χ0) is 26.9. The van der Waals surface area contributed by atoms with Gasteiger partial charge in [-0.3, -0.25) is 9.69 Å². The highest BCUT2D eigenvalue weighted by atomic mass is 16.5. The van der Waals surface area contributed by atoms with Crippen molar-refractivity contribution in [1.82, 2.24) is 10.2 Å². The number of primary amides is 1. The van der Waals surface area contributed by atoms with Crippen LogP contribution in [0.2, 0.25) is 0 Å². The summed E-state index contributed by atoms with van der Waals surface area (Å²) in [6, 6.07) is 21.6. The number of nitrogens with two attached hydrogens (primary N) is 2. The number of benzene rings is 3. The molecule has 0 spiro atoms. The number of hydrogen-bond acceptors (Lipinski definition) is 6. The molecule has 38 heavy (non-hydrogen) atoms. The summed E-state index contributed by atoms with van der Waals surface area (Å²) < 4.78 is 11.0. The normalized spacial score (nSPS) is 15.3. The second-order valence-corrected chi connectivity index (χ2v) is 9.24. The van der Waals surface area contributed by atoms with E-state index < -0.39 is 6.03 Å². The SMILES string of the molecule is COc1cccc(C(CCC(NC(N)=O)c2ccc(C(=O)Nc3ccccc3N)cc2)N2CCOCC2)c1. The van der Waals surface area contributed by atoms with Crippen molar-refractivity contribution in [3.05, 3.63) is 89.5 Å². The third-order valence-corrected chi connectivity index (χ3v) is 6.79. The molecule has 0 radical (unpaired) electrons. The molecule has 1 fully saturated rings.